The number of nitriles is 1. The van der Waals surface area contributed by atoms with Crippen LogP contribution < -0.4 is 11.3 Å². The van der Waals surface area contributed by atoms with Crippen molar-refractivity contribution in [3.63, 3.8) is 0 Å². The molecule has 23 heavy (non-hydrogen) atoms. The normalized spacial score (nSPS) is 10.1. The Morgan fingerprint density at radius 2 is 1.83 bits per heavy atom. The molecule has 1 heterocycles. The number of aromatic carboxylic acids is 2. The molecule has 0 unspecified atom stereocenters. The molecule has 0 atom stereocenters. The number of aromatic nitrogens is 1. The Morgan fingerprint density at radius 1 is 1.22 bits per heavy atom. The van der Waals surface area contributed by atoms with Crippen LogP contribution in [0, 0.1) is 11.3 Å². The number of benzene rings is 1. The van der Waals surface area contributed by atoms with Crippen molar-refractivity contribution in [2.24, 2.45) is 0 Å². The van der Waals surface area contributed by atoms with Crippen LogP contribution in [0.3, 0.4) is 0 Å². The number of nitrogens with zero attached hydrogens (tertiary/aromatic N) is 1. The molecule has 0 saturated carbocycles. The fraction of sp³-hybridized carbons (Fsp3) is 0. The fourth-order valence-corrected chi connectivity index (χ4v) is 2.56. The smallest absolute Gasteiger partial charge is 0.342 e. The molecular weight excluding hydrogens is 370 g/mol. The van der Waals surface area contributed by atoms with Gasteiger partial charge in [0.1, 0.15) is 23.0 Å². The van der Waals surface area contributed by atoms with Gasteiger partial charge in [-0.05, 0) is 33.6 Å². The Kier molecular flexibility index (Phi) is 4.20. The van der Waals surface area contributed by atoms with Crippen LogP contribution in [0.15, 0.2) is 27.5 Å². The van der Waals surface area contributed by atoms with E-state index in [1.807, 2.05) is 11.1 Å². The van der Waals surface area contributed by atoms with Crippen molar-refractivity contribution in [1.29, 1.82) is 5.26 Å². The van der Waals surface area contributed by atoms with Gasteiger partial charge in [0.05, 0.1) is 5.56 Å². The third-order valence-corrected chi connectivity index (χ3v) is 3.71. The van der Waals surface area contributed by atoms with Crippen LogP contribution >= 0.6 is 15.9 Å². The average Bonchev–Trinajstić information content (AvgIpc) is 2.45. The molecule has 0 saturated heterocycles. The molecule has 9 heteroatoms. The predicted octanol–water partition coefficient (Wildman–Crippen LogP) is 1.65. The van der Waals surface area contributed by atoms with Crippen LogP contribution in [0.25, 0.3) is 11.1 Å². The highest BCUT2D eigenvalue weighted by atomic mass is 79.9. The van der Waals surface area contributed by atoms with Gasteiger partial charge < -0.3 is 20.9 Å². The number of aromatic amines is 1. The van der Waals surface area contributed by atoms with Gasteiger partial charge in [0.25, 0.3) is 5.56 Å². The Hall–Kier alpha value is -3.12. The number of hydrogen-bond donors (Lipinski definition) is 4. The Balaban J connectivity index is 2.97. The molecule has 0 radical (unpaired) electrons. The van der Waals surface area contributed by atoms with Crippen molar-refractivity contribution < 1.29 is 19.8 Å². The second kappa shape index (κ2) is 5.94. The SMILES string of the molecule is N#Cc1ccc(-c2c(C(=O)O)c(N)[nH]c(=O)c2C(=O)O)cc1Br. The lowest BCUT2D eigenvalue weighted by molar-refractivity contribution is 0.0695. The van der Waals surface area contributed by atoms with Gasteiger partial charge in [0, 0.05) is 10.0 Å². The van der Waals surface area contributed by atoms with Gasteiger partial charge in [0.15, 0.2) is 0 Å². The molecule has 8 nitrogen and oxygen atoms in total. The predicted molar refractivity (Wildman–Crippen MR) is 83.2 cm³/mol. The van der Waals surface area contributed by atoms with Crippen LogP contribution in [0.2, 0.25) is 0 Å². The maximum absolute atomic E-state index is 11.9. The van der Waals surface area contributed by atoms with E-state index in [9.17, 15) is 24.6 Å². The van der Waals surface area contributed by atoms with Crippen LogP contribution in [-0.2, 0) is 0 Å². The lowest BCUT2D eigenvalue weighted by Gasteiger charge is -2.12. The molecule has 0 fully saturated rings. The zero-order valence-electron chi connectivity index (χ0n) is 11.3. The Bertz CT molecular complexity index is 943. The molecule has 0 bridgehead atoms. The summed E-state index contributed by atoms with van der Waals surface area (Å²) in [6.07, 6.45) is 0. The summed E-state index contributed by atoms with van der Waals surface area (Å²) in [5, 5.41) is 27.5. The molecule has 0 aliphatic rings. The number of carboxylic acids is 2. The molecule has 2 rings (SSSR count). The third kappa shape index (κ3) is 2.79. The summed E-state index contributed by atoms with van der Waals surface area (Å²) < 4.78 is 0.323. The van der Waals surface area contributed by atoms with Crippen molar-refractivity contribution >= 4 is 33.7 Å². The Labute approximate surface area is 136 Å². The zero-order chi connectivity index (χ0) is 17.3. The van der Waals surface area contributed by atoms with Gasteiger partial charge >= 0.3 is 11.9 Å². The van der Waals surface area contributed by atoms with Gasteiger partial charge in [-0.15, -0.1) is 0 Å². The number of carbonyl (C=O) groups is 2. The van der Waals surface area contributed by atoms with E-state index in [0.717, 1.165) is 0 Å². The average molecular weight is 378 g/mol. The number of nitrogens with two attached hydrogens (primary N) is 1. The number of nitrogen functional groups attached to an aromatic ring is 1. The molecule has 1 aromatic heterocycles. The molecule has 0 aliphatic heterocycles. The topological polar surface area (TPSA) is 157 Å². The summed E-state index contributed by atoms with van der Waals surface area (Å²) in [6, 6.07) is 5.96. The van der Waals surface area contributed by atoms with Crippen LogP contribution in [-0.4, -0.2) is 27.1 Å². The van der Waals surface area contributed by atoms with Crippen LogP contribution in [0.5, 0.6) is 0 Å². The number of hydrogen-bond acceptors (Lipinski definition) is 5. The quantitative estimate of drug-likeness (QED) is 0.632. The van der Waals surface area contributed by atoms with Crippen LogP contribution in [0.4, 0.5) is 5.82 Å². The summed E-state index contributed by atoms with van der Waals surface area (Å²) in [4.78, 5) is 36.7. The van der Waals surface area contributed by atoms with E-state index in [-0.39, 0.29) is 16.7 Å². The number of nitrogens with one attached hydrogen (secondary N) is 1. The molecule has 0 amide bonds. The number of halogens is 1. The van der Waals surface area contributed by atoms with E-state index in [2.05, 4.69) is 15.9 Å². The monoisotopic (exact) mass is 377 g/mol. The number of H-pyrrole nitrogens is 1. The number of rotatable bonds is 3. The van der Waals surface area contributed by atoms with E-state index in [1.165, 1.54) is 18.2 Å². The van der Waals surface area contributed by atoms with Gasteiger partial charge in [0.2, 0.25) is 0 Å². The lowest BCUT2D eigenvalue weighted by atomic mass is 9.95. The summed E-state index contributed by atoms with van der Waals surface area (Å²) in [5.41, 5.74) is 3.31. The van der Waals surface area contributed by atoms with Crippen molar-refractivity contribution in [2.75, 3.05) is 5.73 Å². The van der Waals surface area contributed by atoms with Crippen molar-refractivity contribution in [2.45, 2.75) is 0 Å². The minimum absolute atomic E-state index is 0.128. The zero-order valence-corrected chi connectivity index (χ0v) is 12.8. The van der Waals surface area contributed by atoms with E-state index >= 15 is 0 Å². The molecule has 1 aromatic carbocycles. The molecule has 0 spiro atoms. The van der Waals surface area contributed by atoms with E-state index in [4.69, 9.17) is 11.0 Å². The fourth-order valence-electron chi connectivity index (χ4n) is 2.10. The number of pyridine rings is 1. The first kappa shape index (κ1) is 16.3. The molecular formula is C14H8BrN3O5. The molecule has 0 aliphatic carbocycles. The molecule has 5 N–H and O–H groups in total. The second-order valence-electron chi connectivity index (χ2n) is 4.41. The van der Waals surface area contributed by atoms with Crippen LogP contribution in [0.1, 0.15) is 26.3 Å². The summed E-state index contributed by atoms with van der Waals surface area (Å²) in [6.45, 7) is 0. The first-order valence-corrected chi connectivity index (χ1v) is 6.79. The minimum atomic E-state index is -1.59. The van der Waals surface area contributed by atoms with Gasteiger partial charge in [-0.3, -0.25) is 4.79 Å². The highest BCUT2D eigenvalue weighted by Crippen LogP contribution is 2.32. The number of carboxylic acid groups (broad SMARTS) is 2. The number of anilines is 1. The van der Waals surface area contributed by atoms with Crippen molar-refractivity contribution in [1.82, 2.24) is 4.98 Å². The van der Waals surface area contributed by atoms with E-state index in [1.54, 1.807) is 0 Å². The molecule has 2 aromatic rings. The summed E-state index contributed by atoms with van der Waals surface area (Å²) in [7, 11) is 0. The van der Waals surface area contributed by atoms with Crippen molar-refractivity contribution in [3.05, 3.63) is 49.7 Å². The molecule has 116 valence electrons. The largest absolute Gasteiger partial charge is 0.478 e. The first-order valence-electron chi connectivity index (χ1n) is 6.00. The van der Waals surface area contributed by atoms with Gasteiger partial charge in [-0.1, -0.05) is 6.07 Å². The summed E-state index contributed by atoms with van der Waals surface area (Å²) in [5.74, 6) is -3.54. The Morgan fingerprint density at radius 3 is 2.30 bits per heavy atom. The highest BCUT2D eigenvalue weighted by molar-refractivity contribution is 9.10. The van der Waals surface area contributed by atoms with E-state index < -0.39 is 34.4 Å². The first-order chi connectivity index (χ1) is 10.8. The van der Waals surface area contributed by atoms with Crippen molar-refractivity contribution in [3.8, 4) is 17.2 Å². The van der Waals surface area contributed by atoms with Gasteiger partial charge in [-0.25, -0.2) is 9.59 Å². The highest BCUT2D eigenvalue weighted by Gasteiger charge is 2.26. The van der Waals surface area contributed by atoms with Gasteiger partial charge in [-0.2, -0.15) is 5.26 Å². The third-order valence-electron chi connectivity index (χ3n) is 3.05. The van der Waals surface area contributed by atoms with E-state index in [0.29, 0.717) is 4.47 Å². The summed E-state index contributed by atoms with van der Waals surface area (Å²) >= 11 is 3.13. The maximum atomic E-state index is 11.9. The standard InChI is InChI=1S/C14H8BrN3O5/c15-7-3-5(1-2-6(7)4-16)8-9(13(20)21)11(17)18-12(19)10(8)14(22)23/h1-3H,(H,20,21)(H,22,23)(H3,17,18,19). The lowest BCUT2D eigenvalue weighted by Crippen LogP contribution is -2.24. The second-order valence-corrected chi connectivity index (χ2v) is 5.26. The minimum Gasteiger partial charge on any atom is -0.478 e. The maximum Gasteiger partial charge on any atom is 0.342 e.